The molecule has 0 unspecified atom stereocenters. The van der Waals surface area contributed by atoms with Gasteiger partial charge in [-0.25, -0.2) is 0 Å². The number of nitrogens with one attached hydrogen (secondary N) is 1. The lowest BCUT2D eigenvalue weighted by Gasteiger charge is -2.28. The van der Waals surface area contributed by atoms with Gasteiger partial charge >= 0.3 is 0 Å². The molecule has 0 spiro atoms. The average Bonchev–Trinajstić information content (AvgIpc) is 3.46. The Balaban J connectivity index is 1.46. The van der Waals surface area contributed by atoms with E-state index < -0.39 is 0 Å². The fourth-order valence-corrected chi connectivity index (χ4v) is 4.38. The highest BCUT2D eigenvalue weighted by atomic mass is 16.5. The van der Waals surface area contributed by atoms with Crippen LogP contribution in [0.25, 0.3) is 0 Å². The molecule has 0 saturated heterocycles. The number of fused-ring (bicyclic) bond motifs is 1. The molecule has 2 aromatic heterocycles. The molecule has 9 nitrogen and oxygen atoms in total. The topological polar surface area (TPSA) is 94.3 Å². The van der Waals surface area contributed by atoms with Gasteiger partial charge in [-0.15, -0.1) is 0 Å². The standard InChI is InChI=1S/C24H28N6O3/c1-15-11-21(28(2)26-15)24(32)29-10-9-20-19(14-29)22(23(31)25-17-7-8-17)27-30(20)13-16-5-4-6-18(12-16)33-3/h4-6,11-12,17H,7-10,13-14H2,1-3H3,(H,25,31). The van der Waals surface area contributed by atoms with Gasteiger partial charge < -0.3 is 15.0 Å². The van der Waals surface area contributed by atoms with E-state index in [1.807, 2.05) is 35.9 Å². The van der Waals surface area contributed by atoms with Gasteiger partial charge in [-0.05, 0) is 43.5 Å². The highest BCUT2D eigenvalue weighted by molar-refractivity contribution is 5.96. The smallest absolute Gasteiger partial charge is 0.272 e. The molecule has 1 N–H and O–H groups in total. The van der Waals surface area contributed by atoms with Crippen molar-refractivity contribution >= 4 is 11.8 Å². The molecular weight excluding hydrogens is 420 g/mol. The van der Waals surface area contributed by atoms with Crippen molar-refractivity contribution < 1.29 is 14.3 Å². The normalized spacial score (nSPS) is 15.3. The van der Waals surface area contributed by atoms with Gasteiger partial charge in [0.1, 0.15) is 11.4 Å². The maximum atomic E-state index is 13.2. The van der Waals surface area contributed by atoms with Gasteiger partial charge in [-0.1, -0.05) is 12.1 Å². The SMILES string of the molecule is COc1cccc(Cn2nc(C(=O)NC3CC3)c3c2CCN(C(=O)c2cc(C)nn2C)C3)c1. The Kier molecular flexibility index (Phi) is 5.39. The molecule has 9 heteroatoms. The van der Waals surface area contributed by atoms with Gasteiger partial charge in [0.05, 0.1) is 25.9 Å². The summed E-state index contributed by atoms with van der Waals surface area (Å²) in [6, 6.07) is 9.87. The Bertz CT molecular complexity index is 1220. The summed E-state index contributed by atoms with van der Waals surface area (Å²) in [5, 5.41) is 12.1. The number of amides is 2. The molecule has 5 rings (SSSR count). The van der Waals surface area contributed by atoms with Crippen LogP contribution < -0.4 is 10.1 Å². The molecule has 1 aliphatic carbocycles. The van der Waals surface area contributed by atoms with Gasteiger partial charge in [0.2, 0.25) is 0 Å². The van der Waals surface area contributed by atoms with Crippen LogP contribution in [0.15, 0.2) is 30.3 Å². The van der Waals surface area contributed by atoms with Crippen LogP contribution in [-0.2, 0) is 26.6 Å². The van der Waals surface area contributed by atoms with Gasteiger partial charge in [0.25, 0.3) is 11.8 Å². The van der Waals surface area contributed by atoms with Crippen LogP contribution in [-0.4, -0.2) is 56.0 Å². The number of carbonyl (C=O) groups is 2. The van der Waals surface area contributed by atoms with Crippen LogP contribution >= 0.6 is 0 Å². The van der Waals surface area contributed by atoms with Gasteiger partial charge in [-0.3, -0.25) is 19.0 Å². The van der Waals surface area contributed by atoms with Crippen LogP contribution in [0.1, 0.15) is 56.3 Å². The van der Waals surface area contributed by atoms with Crippen molar-refractivity contribution in [2.45, 2.75) is 45.3 Å². The minimum atomic E-state index is -0.163. The molecule has 0 atom stereocenters. The molecule has 1 aromatic carbocycles. The van der Waals surface area contributed by atoms with Crippen LogP contribution in [0.3, 0.4) is 0 Å². The van der Waals surface area contributed by atoms with E-state index >= 15 is 0 Å². The summed E-state index contributed by atoms with van der Waals surface area (Å²) in [6.07, 6.45) is 2.64. The number of aromatic nitrogens is 4. The lowest BCUT2D eigenvalue weighted by Crippen LogP contribution is -2.38. The first-order valence-corrected chi connectivity index (χ1v) is 11.2. The summed E-state index contributed by atoms with van der Waals surface area (Å²) < 4.78 is 8.86. The third kappa shape index (κ3) is 4.22. The highest BCUT2D eigenvalue weighted by Crippen LogP contribution is 2.27. The first kappa shape index (κ1) is 21.2. The van der Waals surface area contributed by atoms with E-state index in [4.69, 9.17) is 9.84 Å². The average molecular weight is 449 g/mol. The number of methoxy groups -OCH3 is 1. The number of carbonyl (C=O) groups excluding carboxylic acids is 2. The van der Waals surface area contributed by atoms with Gasteiger partial charge in [0, 0.05) is 37.3 Å². The molecule has 172 valence electrons. The zero-order valence-corrected chi connectivity index (χ0v) is 19.2. The number of nitrogens with zero attached hydrogens (tertiary/aromatic N) is 5. The van der Waals surface area contributed by atoms with Crippen molar-refractivity contribution in [2.24, 2.45) is 7.05 Å². The second-order valence-electron chi connectivity index (χ2n) is 8.80. The van der Waals surface area contributed by atoms with E-state index in [9.17, 15) is 9.59 Å². The summed E-state index contributed by atoms with van der Waals surface area (Å²) in [7, 11) is 3.42. The van der Waals surface area contributed by atoms with Crippen molar-refractivity contribution in [1.29, 1.82) is 0 Å². The summed E-state index contributed by atoms with van der Waals surface area (Å²) in [6.45, 7) is 3.31. The number of rotatable bonds is 6. The quantitative estimate of drug-likeness (QED) is 0.623. The van der Waals surface area contributed by atoms with Gasteiger partial charge in [-0.2, -0.15) is 10.2 Å². The van der Waals surface area contributed by atoms with Crippen LogP contribution in [0.4, 0.5) is 0 Å². The van der Waals surface area contributed by atoms with Crippen LogP contribution in [0.2, 0.25) is 0 Å². The molecule has 2 aliphatic rings. The molecular formula is C24H28N6O3. The molecule has 3 heterocycles. The van der Waals surface area contributed by atoms with E-state index in [0.717, 1.165) is 41.1 Å². The monoisotopic (exact) mass is 448 g/mol. The molecule has 3 aromatic rings. The predicted octanol–water partition coefficient (Wildman–Crippen LogP) is 2.07. The number of ether oxygens (including phenoxy) is 1. The molecule has 1 saturated carbocycles. The van der Waals surface area contributed by atoms with E-state index in [2.05, 4.69) is 10.4 Å². The number of hydrogen-bond donors (Lipinski definition) is 1. The zero-order valence-electron chi connectivity index (χ0n) is 19.2. The largest absolute Gasteiger partial charge is 0.497 e. The summed E-state index contributed by atoms with van der Waals surface area (Å²) in [4.78, 5) is 28.0. The maximum Gasteiger partial charge on any atom is 0.272 e. The minimum Gasteiger partial charge on any atom is -0.497 e. The van der Waals surface area contributed by atoms with E-state index in [1.165, 1.54) is 0 Å². The Hall–Kier alpha value is -3.62. The molecule has 33 heavy (non-hydrogen) atoms. The molecule has 1 aliphatic heterocycles. The lowest BCUT2D eigenvalue weighted by molar-refractivity contribution is 0.0719. The minimum absolute atomic E-state index is 0.0853. The van der Waals surface area contributed by atoms with Crippen LogP contribution in [0.5, 0.6) is 5.75 Å². The molecule has 1 fully saturated rings. The lowest BCUT2D eigenvalue weighted by atomic mass is 10.0. The van der Waals surface area contributed by atoms with Crippen molar-refractivity contribution in [3.63, 3.8) is 0 Å². The van der Waals surface area contributed by atoms with Crippen molar-refractivity contribution in [2.75, 3.05) is 13.7 Å². The summed E-state index contributed by atoms with van der Waals surface area (Å²) in [5.74, 6) is 0.533. The third-order valence-corrected chi connectivity index (χ3v) is 6.24. The second kappa shape index (κ2) is 8.38. The van der Waals surface area contributed by atoms with Crippen molar-refractivity contribution in [3.8, 4) is 5.75 Å². The number of benzene rings is 1. The Morgan fingerprint density at radius 1 is 1.21 bits per heavy atom. The fourth-order valence-electron chi connectivity index (χ4n) is 4.38. The third-order valence-electron chi connectivity index (χ3n) is 6.24. The maximum absolute atomic E-state index is 13.2. The van der Waals surface area contributed by atoms with E-state index in [1.54, 1.807) is 29.8 Å². The number of hydrogen-bond acceptors (Lipinski definition) is 5. The summed E-state index contributed by atoms with van der Waals surface area (Å²) in [5.41, 5.74) is 4.63. The van der Waals surface area contributed by atoms with Crippen molar-refractivity contribution in [1.82, 2.24) is 29.8 Å². The first-order valence-electron chi connectivity index (χ1n) is 11.2. The Morgan fingerprint density at radius 3 is 2.73 bits per heavy atom. The number of aryl methyl sites for hydroxylation is 2. The van der Waals surface area contributed by atoms with Crippen molar-refractivity contribution in [3.05, 3.63) is 64.2 Å². The summed E-state index contributed by atoms with van der Waals surface area (Å²) >= 11 is 0. The predicted molar refractivity (Wildman–Crippen MR) is 121 cm³/mol. The molecule has 0 radical (unpaired) electrons. The van der Waals surface area contributed by atoms with E-state index in [0.29, 0.717) is 37.4 Å². The van der Waals surface area contributed by atoms with Gasteiger partial charge in [0.15, 0.2) is 5.69 Å². The van der Waals surface area contributed by atoms with E-state index in [-0.39, 0.29) is 17.9 Å². The Morgan fingerprint density at radius 2 is 2.03 bits per heavy atom. The molecule has 2 amide bonds. The first-order chi connectivity index (χ1) is 15.9. The second-order valence-corrected chi connectivity index (χ2v) is 8.80. The molecule has 0 bridgehead atoms. The zero-order chi connectivity index (χ0) is 23.1. The highest BCUT2D eigenvalue weighted by Gasteiger charge is 2.33. The fraction of sp³-hybridized carbons (Fsp3) is 0.417. The Labute approximate surface area is 192 Å². The van der Waals surface area contributed by atoms with Crippen LogP contribution in [0, 0.1) is 6.92 Å².